The molecule has 0 bridgehead atoms. The third kappa shape index (κ3) is 2.38. The molecule has 0 unspecified atom stereocenters. The van der Waals surface area contributed by atoms with Crippen molar-refractivity contribution in [3.8, 4) is 17.1 Å². The van der Waals surface area contributed by atoms with Crippen molar-refractivity contribution in [2.75, 3.05) is 6.61 Å². The van der Waals surface area contributed by atoms with Crippen LogP contribution in [-0.4, -0.2) is 16.2 Å². The monoisotopic (exact) mass is 245 g/mol. The van der Waals surface area contributed by atoms with Crippen molar-refractivity contribution < 1.29 is 4.74 Å². The zero-order valence-electron chi connectivity index (χ0n) is 10.9. The number of aromatic nitrogens is 2. The van der Waals surface area contributed by atoms with E-state index < -0.39 is 0 Å². The van der Waals surface area contributed by atoms with Gasteiger partial charge in [0.25, 0.3) is 0 Å². The average Bonchev–Trinajstić information content (AvgIpc) is 2.82. The van der Waals surface area contributed by atoms with E-state index in [-0.39, 0.29) is 0 Å². The highest BCUT2D eigenvalue weighted by Crippen LogP contribution is 2.22. The molecule has 2 aromatic rings. The van der Waals surface area contributed by atoms with Crippen LogP contribution in [0, 0.1) is 0 Å². The van der Waals surface area contributed by atoms with Gasteiger partial charge in [0.1, 0.15) is 11.6 Å². The molecule has 4 heteroatoms. The van der Waals surface area contributed by atoms with Crippen molar-refractivity contribution in [1.82, 2.24) is 9.55 Å². The first kappa shape index (κ1) is 12.6. The Hall–Kier alpha value is -1.81. The number of nitrogens with two attached hydrogens (primary N) is 1. The Bertz CT molecular complexity index is 502. The van der Waals surface area contributed by atoms with E-state index in [0.717, 1.165) is 29.4 Å². The molecule has 0 amide bonds. The van der Waals surface area contributed by atoms with E-state index in [1.165, 1.54) is 0 Å². The molecule has 0 radical (unpaired) electrons. The average molecular weight is 245 g/mol. The molecule has 0 aliphatic rings. The minimum absolute atomic E-state index is 0.512. The Morgan fingerprint density at radius 2 is 1.94 bits per heavy atom. The fraction of sp³-hybridized carbons (Fsp3) is 0.357. The summed E-state index contributed by atoms with van der Waals surface area (Å²) in [4.78, 5) is 4.45. The third-order valence-electron chi connectivity index (χ3n) is 2.89. The molecule has 2 rings (SSSR count). The minimum Gasteiger partial charge on any atom is -0.494 e. The van der Waals surface area contributed by atoms with Gasteiger partial charge in [-0.25, -0.2) is 4.98 Å². The zero-order valence-corrected chi connectivity index (χ0v) is 10.9. The first-order chi connectivity index (χ1) is 8.80. The van der Waals surface area contributed by atoms with Gasteiger partial charge < -0.3 is 15.0 Å². The van der Waals surface area contributed by atoms with Crippen LogP contribution in [0.2, 0.25) is 0 Å². The lowest BCUT2D eigenvalue weighted by Gasteiger charge is -2.09. The molecule has 0 atom stereocenters. The summed E-state index contributed by atoms with van der Waals surface area (Å²) in [5.41, 5.74) is 7.84. The highest BCUT2D eigenvalue weighted by Gasteiger charge is 2.09. The number of nitrogens with zero attached hydrogens (tertiary/aromatic N) is 2. The summed E-state index contributed by atoms with van der Waals surface area (Å²) in [6.07, 6.45) is 1.84. The van der Waals surface area contributed by atoms with Crippen LogP contribution in [0.25, 0.3) is 11.4 Å². The van der Waals surface area contributed by atoms with Crippen LogP contribution < -0.4 is 10.5 Å². The summed E-state index contributed by atoms with van der Waals surface area (Å²) in [6, 6.07) is 7.99. The Kier molecular flexibility index (Phi) is 3.99. The molecule has 0 spiro atoms. The number of rotatable bonds is 5. The molecule has 18 heavy (non-hydrogen) atoms. The normalized spacial score (nSPS) is 10.6. The van der Waals surface area contributed by atoms with Crippen LogP contribution in [0.4, 0.5) is 0 Å². The Balaban J connectivity index is 2.33. The first-order valence-corrected chi connectivity index (χ1v) is 6.27. The molecule has 1 heterocycles. The number of benzene rings is 1. The van der Waals surface area contributed by atoms with Crippen LogP contribution in [0.5, 0.6) is 5.75 Å². The summed E-state index contributed by atoms with van der Waals surface area (Å²) < 4.78 is 7.57. The Morgan fingerprint density at radius 1 is 1.22 bits per heavy atom. The zero-order chi connectivity index (χ0) is 13.0. The molecule has 4 nitrogen and oxygen atoms in total. The minimum atomic E-state index is 0.512. The SMILES string of the molecule is CCOc1ccc(-c2ncc(CN)n2CC)cc1. The van der Waals surface area contributed by atoms with Crippen molar-refractivity contribution in [1.29, 1.82) is 0 Å². The van der Waals surface area contributed by atoms with E-state index in [1.807, 2.05) is 37.4 Å². The van der Waals surface area contributed by atoms with Crippen molar-refractivity contribution in [2.45, 2.75) is 26.9 Å². The molecule has 96 valence electrons. The maximum atomic E-state index is 5.70. The summed E-state index contributed by atoms with van der Waals surface area (Å²) >= 11 is 0. The summed E-state index contributed by atoms with van der Waals surface area (Å²) in [7, 11) is 0. The van der Waals surface area contributed by atoms with Crippen molar-refractivity contribution in [3.05, 3.63) is 36.2 Å². The quantitative estimate of drug-likeness (QED) is 0.880. The lowest BCUT2D eigenvalue weighted by Crippen LogP contribution is -2.07. The predicted octanol–water partition coefficient (Wildman–Crippen LogP) is 2.43. The fourth-order valence-electron chi connectivity index (χ4n) is 2.02. The standard InChI is InChI=1S/C14H19N3O/c1-3-17-12(9-15)10-16-14(17)11-5-7-13(8-6-11)18-4-2/h5-8,10H,3-4,9,15H2,1-2H3. The van der Waals surface area contributed by atoms with Gasteiger partial charge in [0.15, 0.2) is 0 Å². The van der Waals surface area contributed by atoms with Crippen molar-refractivity contribution in [2.24, 2.45) is 5.73 Å². The van der Waals surface area contributed by atoms with E-state index in [4.69, 9.17) is 10.5 Å². The van der Waals surface area contributed by atoms with E-state index in [1.54, 1.807) is 0 Å². The molecule has 1 aromatic heterocycles. The van der Waals surface area contributed by atoms with Gasteiger partial charge in [-0.2, -0.15) is 0 Å². The lowest BCUT2D eigenvalue weighted by molar-refractivity contribution is 0.340. The Labute approximate surface area is 107 Å². The number of imidazole rings is 1. The Morgan fingerprint density at radius 3 is 2.50 bits per heavy atom. The van der Waals surface area contributed by atoms with Gasteiger partial charge in [0.05, 0.1) is 18.5 Å². The van der Waals surface area contributed by atoms with Gasteiger partial charge in [-0.05, 0) is 38.1 Å². The highest BCUT2D eigenvalue weighted by molar-refractivity contribution is 5.57. The summed E-state index contributed by atoms with van der Waals surface area (Å²) in [6.45, 7) is 6.14. The van der Waals surface area contributed by atoms with Gasteiger partial charge in [-0.3, -0.25) is 0 Å². The van der Waals surface area contributed by atoms with Crippen molar-refractivity contribution in [3.63, 3.8) is 0 Å². The van der Waals surface area contributed by atoms with Crippen LogP contribution in [0.1, 0.15) is 19.5 Å². The smallest absolute Gasteiger partial charge is 0.140 e. The molecular formula is C14H19N3O. The molecule has 1 aromatic carbocycles. The van der Waals surface area contributed by atoms with Crippen LogP contribution in [-0.2, 0) is 13.1 Å². The van der Waals surface area contributed by atoms with Gasteiger partial charge in [0, 0.05) is 18.7 Å². The lowest BCUT2D eigenvalue weighted by atomic mass is 10.2. The maximum absolute atomic E-state index is 5.70. The molecule has 0 saturated carbocycles. The van der Waals surface area contributed by atoms with Crippen LogP contribution in [0.3, 0.4) is 0 Å². The van der Waals surface area contributed by atoms with Crippen molar-refractivity contribution >= 4 is 0 Å². The topological polar surface area (TPSA) is 53.1 Å². The van der Waals surface area contributed by atoms with E-state index in [9.17, 15) is 0 Å². The third-order valence-corrected chi connectivity index (χ3v) is 2.89. The van der Waals surface area contributed by atoms with Gasteiger partial charge in [-0.1, -0.05) is 0 Å². The van der Waals surface area contributed by atoms with E-state index in [2.05, 4.69) is 16.5 Å². The molecule has 0 saturated heterocycles. The van der Waals surface area contributed by atoms with Gasteiger partial charge in [-0.15, -0.1) is 0 Å². The molecular weight excluding hydrogens is 226 g/mol. The summed E-state index contributed by atoms with van der Waals surface area (Å²) in [5.74, 6) is 1.84. The number of hydrogen-bond donors (Lipinski definition) is 1. The molecule has 0 fully saturated rings. The van der Waals surface area contributed by atoms with Gasteiger partial charge >= 0.3 is 0 Å². The summed E-state index contributed by atoms with van der Waals surface area (Å²) in [5, 5.41) is 0. The first-order valence-electron chi connectivity index (χ1n) is 6.27. The fourth-order valence-corrected chi connectivity index (χ4v) is 2.02. The highest BCUT2D eigenvalue weighted by atomic mass is 16.5. The van der Waals surface area contributed by atoms with Crippen LogP contribution >= 0.6 is 0 Å². The van der Waals surface area contributed by atoms with E-state index in [0.29, 0.717) is 13.2 Å². The largest absolute Gasteiger partial charge is 0.494 e. The second-order valence-corrected chi connectivity index (χ2v) is 3.98. The second-order valence-electron chi connectivity index (χ2n) is 3.98. The predicted molar refractivity (Wildman–Crippen MR) is 72.4 cm³/mol. The number of ether oxygens (including phenoxy) is 1. The molecule has 0 aliphatic heterocycles. The maximum Gasteiger partial charge on any atom is 0.140 e. The second kappa shape index (κ2) is 5.69. The molecule has 0 aliphatic carbocycles. The van der Waals surface area contributed by atoms with E-state index >= 15 is 0 Å². The van der Waals surface area contributed by atoms with Crippen LogP contribution in [0.15, 0.2) is 30.5 Å². The van der Waals surface area contributed by atoms with Gasteiger partial charge in [0.2, 0.25) is 0 Å². The number of hydrogen-bond acceptors (Lipinski definition) is 3. The molecule has 2 N–H and O–H groups in total.